The largest absolute Gasteiger partial charge is 0.459 e. The minimum Gasteiger partial charge on any atom is -0.459 e. The molecule has 0 fully saturated rings. The molecule has 104 valence electrons. The van der Waals surface area contributed by atoms with Crippen LogP contribution in [0.1, 0.15) is 35.7 Å². The van der Waals surface area contributed by atoms with Crippen molar-refractivity contribution in [3.05, 3.63) is 71.8 Å². The van der Waals surface area contributed by atoms with E-state index in [1.54, 1.807) is 12.1 Å². The fourth-order valence-electron chi connectivity index (χ4n) is 2.11. The Morgan fingerprint density at radius 2 is 1.60 bits per heavy atom. The zero-order valence-corrected chi connectivity index (χ0v) is 11.8. The number of ether oxygens (including phenoxy) is 1. The van der Waals surface area contributed by atoms with Crippen molar-refractivity contribution in [1.29, 1.82) is 0 Å². The second-order valence-electron chi connectivity index (χ2n) is 4.83. The number of aryl methyl sites for hydroxylation is 1. The summed E-state index contributed by atoms with van der Waals surface area (Å²) in [5.74, 6) is -0.231. The van der Waals surface area contributed by atoms with Gasteiger partial charge in [-0.3, -0.25) is 0 Å². The SMILES string of the molecule is CCC(CCc1ccccc1)OC(=O)c1ccccc1. The summed E-state index contributed by atoms with van der Waals surface area (Å²) < 4.78 is 5.57. The molecule has 0 saturated carbocycles. The summed E-state index contributed by atoms with van der Waals surface area (Å²) in [6.07, 6.45) is 2.61. The average Bonchev–Trinajstić information content (AvgIpc) is 2.53. The molecule has 0 aliphatic rings. The van der Waals surface area contributed by atoms with Gasteiger partial charge in [0.2, 0.25) is 0 Å². The standard InChI is InChI=1S/C18H20O2/c1-2-17(14-13-15-9-5-3-6-10-15)20-18(19)16-11-7-4-8-12-16/h3-12,17H,2,13-14H2,1H3. The zero-order chi connectivity index (χ0) is 14.2. The molecule has 2 rings (SSSR count). The van der Waals surface area contributed by atoms with Crippen LogP contribution >= 0.6 is 0 Å². The summed E-state index contributed by atoms with van der Waals surface area (Å²) >= 11 is 0. The topological polar surface area (TPSA) is 26.3 Å². The van der Waals surface area contributed by atoms with Crippen molar-refractivity contribution in [2.45, 2.75) is 32.3 Å². The lowest BCUT2D eigenvalue weighted by molar-refractivity contribution is 0.0274. The summed E-state index contributed by atoms with van der Waals surface area (Å²) in [6, 6.07) is 19.4. The van der Waals surface area contributed by atoms with E-state index in [-0.39, 0.29) is 12.1 Å². The maximum atomic E-state index is 12.0. The van der Waals surface area contributed by atoms with Crippen LogP contribution in [0.25, 0.3) is 0 Å². The Balaban J connectivity index is 1.88. The maximum absolute atomic E-state index is 12.0. The highest BCUT2D eigenvalue weighted by atomic mass is 16.5. The van der Waals surface area contributed by atoms with Crippen LogP contribution in [0.4, 0.5) is 0 Å². The Bertz CT molecular complexity index is 520. The third kappa shape index (κ3) is 4.23. The van der Waals surface area contributed by atoms with Gasteiger partial charge >= 0.3 is 5.97 Å². The van der Waals surface area contributed by atoms with Gasteiger partial charge in [0.15, 0.2) is 0 Å². The first-order valence-corrected chi connectivity index (χ1v) is 7.09. The molecule has 20 heavy (non-hydrogen) atoms. The molecule has 0 bridgehead atoms. The van der Waals surface area contributed by atoms with Gasteiger partial charge in [0.1, 0.15) is 6.10 Å². The summed E-state index contributed by atoms with van der Waals surface area (Å²) in [4.78, 5) is 12.0. The first-order chi connectivity index (χ1) is 9.79. The molecule has 0 N–H and O–H groups in total. The fourth-order valence-corrected chi connectivity index (χ4v) is 2.11. The number of carbonyl (C=O) groups excluding carboxylic acids is 1. The van der Waals surface area contributed by atoms with Crippen LogP contribution in [0.2, 0.25) is 0 Å². The minimum absolute atomic E-state index is 0.0251. The Morgan fingerprint density at radius 3 is 2.20 bits per heavy atom. The Kier molecular flexibility index (Phi) is 5.36. The van der Waals surface area contributed by atoms with Crippen LogP contribution in [-0.2, 0) is 11.2 Å². The highest BCUT2D eigenvalue weighted by Crippen LogP contribution is 2.12. The van der Waals surface area contributed by atoms with Crippen LogP contribution in [-0.4, -0.2) is 12.1 Å². The summed E-state index contributed by atoms with van der Waals surface area (Å²) in [7, 11) is 0. The minimum atomic E-state index is -0.231. The van der Waals surface area contributed by atoms with Crippen molar-refractivity contribution in [3.63, 3.8) is 0 Å². The first kappa shape index (κ1) is 14.3. The highest BCUT2D eigenvalue weighted by molar-refractivity contribution is 5.89. The Labute approximate surface area is 120 Å². The molecule has 0 aliphatic heterocycles. The fraction of sp³-hybridized carbons (Fsp3) is 0.278. The predicted molar refractivity (Wildman–Crippen MR) is 80.7 cm³/mol. The molecule has 0 aromatic heterocycles. The van der Waals surface area contributed by atoms with Crippen LogP contribution in [0.5, 0.6) is 0 Å². The van der Waals surface area contributed by atoms with Crippen LogP contribution in [0.15, 0.2) is 60.7 Å². The quantitative estimate of drug-likeness (QED) is 0.732. The molecule has 0 spiro atoms. The number of hydrogen-bond acceptors (Lipinski definition) is 2. The van der Waals surface area contributed by atoms with Gasteiger partial charge in [-0.15, -0.1) is 0 Å². The van der Waals surface area contributed by atoms with E-state index >= 15 is 0 Å². The number of benzene rings is 2. The normalized spacial score (nSPS) is 11.8. The van der Waals surface area contributed by atoms with Crippen molar-refractivity contribution < 1.29 is 9.53 Å². The molecule has 2 aromatic rings. The van der Waals surface area contributed by atoms with Gasteiger partial charge in [0.25, 0.3) is 0 Å². The van der Waals surface area contributed by atoms with E-state index in [2.05, 4.69) is 12.1 Å². The summed E-state index contributed by atoms with van der Waals surface area (Å²) in [5, 5.41) is 0. The second-order valence-corrected chi connectivity index (χ2v) is 4.83. The lowest BCUT2D eigenvalue weighted by Gasteiger charge is -2.16. The molecular weight excluding hydrogens is 248 g/mol. The van der Waals surface area contributed by atoms with Crippen molar-refractivity contribution in [2.75, 3.05) is 0 Å². The molecule has 1 unspecified atom stereocenters. The molecular formula is C18H20O2. The monoisotopic (exact) mass is 268 g/mol. The van der Waals surface area contributed by atoms with E-state index in [1.165, 1.54) is 5.56 Å². The number of esters is 1. The molecule has 2 heteroatoms. The molecule has 2 aromatic carbocycles. The van der Waals surface area contributed by atoms with E-state index < -0.39 is 0 Å². The molecule has 1 atom stereocenters. The third-order valence-electron chi connectivity index (χ3n) is 3.34. The van der Waals surface area contributed by atoms with Crippen LogP contribution in [0.3, 0.4) is 0 Å². The highest BCUT2D eigenvalue weighted by Gasteiger charge is 2.14. The molecule has 2 nitrogen and oxygen atoms in total. The van der Waals surface area contributed by atoms with E-state index in [4.69, 9.17) is 4.74 Å². The Morgan fingerprint density at radius 1 is 1.00 bits per heavy atom. The summed E-state index contributed by atoms with van der Waals surface area (Å²) in [6.45, 7) is 2.05. The van der Waals surface area contributed by atoms with Crippen molar-refractivity contribution >= 4 is 5.97 Å². The van der Waals surface area contributed by atoms with Gasteiger partial charge in [-0.05, 0) is 37.0 Å². The molecule has 0 radical (unpaired) electrons. The average molecular weight is 268 g/mol. The van der Waals surface area contributed by atoms with Gasteiger partial charge < -0.3 is 4.74 Å². The number of rotatable bonds is 6. The predicted octanol–water partition coefficient (Wildman–Crippen LogP) is 4.25. The van der Waals surface area contributed by atoms with E-state index in [1.807, 2.05) is 43.3 Å². The van der Waals surface area contributed by atoms with Crippen LogP contribution < -0.4 is 0 Å². The molecule has 0 saturated heterocycles. The third-order valence-corrected chi connectivity index (χ3v) is 3.34. The van der Waals surface area contributed by atoms with Gasteiger partial charge in [0.05, 0.1) is 5.56 Å². The molecule has 0 aliphatic carbocycles. The van der Waals surface area contributed by atoms with Crippen molar-refractivity contribution in [2.24, 2.45) is 0 Å². The van der Waals surface area contributed by atoms with Gasteiger partial charge in [-0.25, -0.2) is 4.79 Å². The zero-order valence-electron chi connectivity index (χ0n) is 11.8. The van der Waals surface area contributed by atoms with E-state index in [0.717, 1.165) is 19.3 Å². The van der Waals surface area contributed by atoms with E-state index in [9.17, 15) is 4.79 Å². The van der Waals surface area contributed by atoms with Gasteiger partial charge in [-0.1, -0.05) is 55.5 Å². The smallest absolute Gasteiger partial charge is 0.338 e. The van der Waals surface area contributed by atoms with Crippen LogP contribution in [0, 0.1) is 0 Å². The van der Waals surface area contributed by atoms with Crippen molar-refractivity contribution in [3.8, 4) is 0 Å². The lowest BCUT2D eigenvalue weighted by atomic mass is 10.1. The number of carbonyl (C=O) groups is 1. The Hall–Kier alpha value is -2.09. The summed E-state index contributed by atoms with van der Waals surface area (Å²) in [5.41, 5.74) is 1.90. The van der Waals surface area contributed by atoms with E-state index in [0.29, 0.717) is 5.56 Å². The first-order valence-electron chi connectivity index (χ1n) is 7.09. The maximum Gasteiger partial charge on any atom is 0.338 e. The molecule has 0 amide bonds. The number of hydrogen-bond donors (Lipinski definition) is 0. The van der Waals surface area contributed by atoms with Gasteiger partial charge in [0, 0.05) is 0 Å². The lowest BCUT2D eigenvalue weighted by Crippen LogP contribution is -2.18. The van der Waals surface area contributed by atoms with Crippen molar-refractivity contribution in [1.82, 2.24) is 0 Å². The van der Waals surface area contributed by atoms with Gasteiger partial charge in [-0.2, -0.15) is 0 Å². The molecule has 0 heterocycles. The second kappa shape index (κ2) is 7.49.